The van der Waals surface area contributed by atoms with Gasteiger partial charge in [0, 0.05) is 138 Å². The van der Waals surface area contributed by atoms with Gasteiger partial charge in [-0.1, -0.05) is 132 Å². The number of nitrogens with one attached hydrogen (secondary N) is 5. The molecule has 0 radical (unpaired) electrons. The topological polar surface area (TPSA) is 371 Å². The summed E-state index contributed by atoms with van der Waals surface area (Å²) in [6, 6.07) is 28.7. The average Bonchev–Trinajstić information content (AvgIpc) is 1.77. The van der Waals surface area contributed by atoms with Crippen molar-refractivity contribution >= 4 is 297 Å². The van der Waals surface area contributed by atoms with Crippen LogP contribution >= 0.6 is 161 Å². The molecule has 5 fully saturated rings. The van der Waals surface area contributed by atoms with Gasteiger partial charge in [0.1, 0.15) is 11.6 Å². The van der Waals surface area contributed by atoms with E-state index in [1.165, 1.54) is 98.2 Å². The smallest absolute Gasteiger partial charge is 0.324 e. The molecule has 0 unspecified atom stereocenters. The summed E-state index contributed by atoms with van der Waals surface area (Å²) in [7, 11) is 0. The summed E-state index contributed by atoms with van der Waals surface area (Å²) in [5, 5.41) is 36.2. The van der Waals surface area contributed by atoms with Gasteiger partial charge >= 0.3 is 30.2 Å². The van der Waals surface area contributed by atoms with Crippen LogP contribution in [0.15, 0.2) is 103 Å². The van der Waals surface area contributed by atoms with Crippen LogP contribution in [0.4, 0.5) is 87.5 Å². The highest BCUT2D eigenvalue weighted by Crippen LogP contribution is 2.37. The van der Waals surface area contributed by atoms with Crippen LogP contribution in [0.25, 0.3) is 51.1 Å². The second kappa shape index (κ2) is 42.7. The largest absolute Gasteiger partial charge is 0.351 e. The van der Waals surface area contributed by atoms with Gasteiger partial charge in [-0.2, -0.15) is 26.2 Å². The summed E-state index contributed by atoms with van der Waals surface area (Å²) in [5.74, 6) is 3.20. The monoisotopic (exact) mass is 2080 g/mol. The second-order valence-electron chi connectivity index (χ2n) is 31.9. The fourth-order valence-corrected chi connectivity index (χ4v) is 23.0. The van der Waals surface area contributed by atoms with E-state index in [1.54, 1.807) is 45.0 Å². The summed E-state index contributed by atoms with van der Waals surface area (Å²) in [5.41, 5.74) is 7.81. The molecule has 5 saturated heterocycles. The van der Waals surface area contributed by atoms with Gasteiger partial charge in [0.25, 0.3) is 0 Å². The SMILES string of the molecule is C[C@@H]1CN(c2nsnc2Cl)CCN1C(=O)Nc1nc2ccc(Cl)cc2s1.Cc1cc(Cl)nnc1N1CCN(C(=O)Nc2nc3ccc(F)cc3s2)[C@H](C)C1.Cc1cc(N2CCN(C(=O)Nc3nc4ccc(F)cc4s3)[C@H](C)C2)nnc1Cl.Cc1ccc2nc(NC(=O)N3CCN(c4nsnc4Cl)C[C@H]3C)sc2c1.Cc1nsnc1N1CCN(C(=O)Nc2nc3ccc(Cl)cc3s2)[C@H](C)C1. The van der Waals surface area contributed by atoms with Crippen molar-refractivity contribution in [3.05, 3.63) is 168 Å². The fraction of sp³-hybridized carbons (Fsp3) is 0.349. The van der Waals surface area contributed by atoms with Crippen LogP contribution in [0.1, 0.15) is 57.0 Å². The van der Waals surface area contributed by atoms with E-state index in [0.29, 0.717) is 173 Å². The van der Waals surface area contributed by atoms with Crippen molar-refractivity contribution in [2.75, 3.05) is 149 Å². The standard InChI is InChI=1S/2C18H18ClFN6OS.2C16H17ClN6OS2.C15H14Cl2N6OS2/c1-10-7-15(23-24-16(10)19)25-5-6-26(11(2)9-25)18(27)22-17-21-13-4-3-12(20)8-14(13)28-17;1-10-7-15(19)23-24-16(10)25-5-6-26(11(2)9-25)18(27)22-17-21-13-4-3-12(20)8-14(13)28-17;1-9-8-22(14-10(2)20-26-21-14)5-6-23(9)16(24)19-15-18-12-4-3-11(17)7-13(12)25-15;1-9-3-4-11-12(7-9)25-15(18-11)19-16(24)23-6-5-22(8-10(23)2)14-13(17)20-26-21-14;1-8-7-22(13-12(17)20-26-21-13)4-5-23(8)15(24)19-14-18-10-3-2-9(16)6-11(10)25-14/h2*3-4,7-8,11H,5-6,9H2,1-2H3,(H,21,22,27);3-4,7,9H,5-6,8H2,1-2H3,(H,18,19,24);3-4,7,10H,5-6,8H2,1-2H3,(H,18,19,24);2-3,6,8H,4-5,7H2,1H3,(H,18,19,24)/t2*11-;9-;10-;8-/m11111/s1. The molecular formula is C83H84Cl6F2N30O5S8. The van der Waals surface area contributed by atoms with Gasteiger partial charge in [0.05, 0.1) is 92.0 Å². The maximum atomic E-state index is 13.3. The van der Waals surface area contributed by atoms with Crippen molar-refractivity contribution in [2.24, 2.45) is 0 Å². The lowest BCUT2D eigenvalue weighted by Gasteiger charge is -2.40. The van der Waals surface area contributed by atoms with E-state index < -0.39 is 0 Å². The molecule has 10 aromatic heterocycles. The Bertz CT molecular complexity index is 6440. The molecule has 51 heteroatoms. The molecule has 700 valence electrons. The maximum absolute atomic E-state index is 13.3. The van der Waals surface area contributed by atoms with E-state index in [-0.39, 0.29) is 72.0 Å². The third-order valence-corrected chi connectivity index (χ3v) is 30.4. The van der Waals surface area contributed by atoms with Gasteiger partial charge in [-0.05, 0) is 176 Å². The minimum absolute atomic E-state index is 0.00494. The van der Waals surface area contributed by atoms with Crippen molar-refractivity contribution in [3.63, 3.8) is 0 Å². The first-order chi connectivity index (χ1) is 64.3. The van der Waals surface area contributed by atoms with Crippen LogP contribution in [-0.4, -0.2) is 255 Å². The molecule has 5 atom stereocenters. The molecule has 20 rings (SSSR count). The van der Waals surface area contributed by atoms with Crippen molar-refractivity contribution < 1.29 is 32.8 Å². The van der Waals surface area contributed by atoms with Gasteiger partial charge in [0.15, 0.2) is 75.4 Å². The van der Waals surface area contributed by atoms with Gasteiger partial charge < -0.3 is 49.0 Å². The molecule has 15 aromatic rings. The third-order valence-electron chi connectivity index (χ3n) is 22.3. The summed E-state index contributed by atoms with van der Waals surface area (Å²) >= 11 is 46.2. The number of halogens is 8. The number of hydrogen-bond donors (Lipinski definition) is 5. The number of urea groups is 5. The van der Waals surface area contributed by atoms with E-state index in [4.69, 9.17) is 69.6 Å². The Hall–Kier alpha value is -10.7. The highest BCUT2D eigenvalue weighted by molar-refractivity contribution is 7.24. The lowest BCUT2D eigenvalue weighted by atomic mass is 10.2. The lowest BCUT2D eigenvalue weighted by Crippen LogP contribution is -2.55. The predicted octanol–water partition coefficient (Wildman–Crippen LogP) is 19.8. The zero-order valence-electron chi connectivity index (χ0n) is 72.8. The second-order valence-corrected chi connectivity index (χ2v) is 41.0. The Kier molecular flexibility index (Phi) is 30.8. The van der Waals surface area contributed by atoms with Gasteiger partial charge in [-0.3, -0.25) is 26.6 Å². The zero-order valence-corrected chi connectivity index (χ0v) is 83.9. The van der Waals surface area contributed by atoms with E-state index in [9.17, 15) is 32.8 Å². The maximum Gasteiger partial charge on any atom is 0.324 e. The predicted molar refractivity (Wildman–Crippen MR) is 538 cm³/mol. The molecular weight excluding hydrogens is 2000 g/mol. The fourth-order valence-electron chi connectivity index (χ4n) is 15.6. The first-order valence-corrected chi connectivity index (χ1v) is 50.4. The summed E-state index contributed by atoms with van der Waals surface area (Å²) < 4.78 is 56.1. The number of piperazine rings is 5. The number of fused-ring (bicyclic) bond motifs is 5. The minimum Gasteiger partial charge on any atom is -0.351 e. The minimum atomic E-state index is -0.320. The van der Waals surface area contributed by atoms with E-state index in [0.717, 1.165) is 101 Å². The number of anilines is 10. The molecule has 0 spiro atoms. The molecule has 5 N–H and O–H groups in total. The van der Waals surface area contributed by atoms with Crippen LogP contribution in [0.3, 0.4) is 0 Å². The lowest BCUT2D eigenvalue weighted by molar-refractivity contribution is 0.184. The molecule has 5 aromatic carbocycles. The molecule has 10 amide bonds. The third kappa shape index (κ3) is 23.2. The Balaban J connectivity index is 0.000000122. The number of hydrogen-bond acceptors (Lipinski definition) is 33. The van der Waals surface area contributed by atoms with Gasteiger partial charge in [0.2, 0.25) is 0 Å². The van der Waals surface area contributed by atoms with Crippen molar-refractivity contribution in [1.82, 2.24) is 96.1 Å². The highest BCUT2D eigenvalue weighted by Gasteiger charge is 2.36. The molecule has 0 saturated carbocycles. The quantitative estimate of drug-likeness (QED) is 0.0849. The molecule has 5 aliphatic heterocycles. The molecule has 0 bridgehead atoms. The van der Waals surface area contributed by atoms with Gasteiger partial charge in [-0.25, -0.2) is 57.7 Å². The summed E-state index contributed by atoms with van der Waals surface area (Å²) in [6.45, 7) is 27.3. The van der Waals surface area contributed by atoms with E-state index in [2.05, 4.69) is 129 Å². The molecule has 5 aliphatic rings. The van der Waals surface area contributed by atoms with E-state index >= 15 is 0 Å². The Labute approximate surface area is 828 Å². The normalized spacial score (nSPS) is 17.5. The summed E-state index contributed by atoms with van der Waals surface area (Å²) in [4.78, 5) is 105. The number of benzene rings is 5. The van der Waals surface area contributed by atoms with Crippen LogP contribution < -0.4 is 51.1 Å². The number of rotatable bonds is 10. The first-order valence-electron chi connectivity index (χ1n) is 41.8. The Morgan fingerprint density at radius 2 is 0.657 bits per heavy atom. The number of nitrogens with zero attached hydrogens (tertiary/aromatic N) is 25. The number of thiazole rings is 5. The molecule has 134 heavy (non-hydrogen) atoms. The molecule has 0 aliphatic carbocycles. The number of aromatic nitrogens is 15. The van der Waals surface area contributed by atoms with Crippen molar-refractivity contribution in [1.29, 1.82) is 0 Å². The number of amides is 10. The first kappa shape index (κ1) is 96.5. The van der Waals surface area contributed by atoms with Gasteiger partial charge in [-0.15, -0.1) is 20.4 Å². The number of carbonyl (C=O) groups is 5. The number of aryl methyl sites for hydroxylation is 4. The van der Waals surface area contributed by atoms with Crippen molar-refractivity contribution in [3.8, 4) is 0 Å². The average molecular weight is 2090 g/mol. The zero-order chi connectivity index (χ0) is 94.4. The van der Waals surface area contributed by atoms with Crippen LogP contribution in [0.5, 0.6) is 0 Å². The molecule has 15 heterocycles. The van der Waals surface area contributed by atoms with E-state index in [1.807, 2.05) is 115 Å². The Morgan fingerprint density at radius 3 is 1.01 bits per heavy atom. The van der Waals surface area contributed by atoms with Crippen LogP contribution in [0, 0.1) is 39.3 Å². The Morgan fingerprint density at radius 1 is 0.328 bits per heavy atom. The molecule has 35 nitrogen and oxygen atoms in total. The van der Waals surface area contributed by atoms with Crippen LogP contribution in [0.2, 0.25) is 30.7 Å². The van der Waals surface area contributed by atoms with Crippen molar-refractivity contribution in [2.45, 2.75) is 92.5 Å². The number of carbonyl (C=O) groups excluding carboxylic acids is 5. The van der Waals surface area contributed by atoms with Crippen LogP contribution in [-0.2, 0) is 0 Å². The highest BCUT2D eigenvalue weighted by atomic mass is 35.5. The summed E-state index contributed by atoms with van der Waals surface area (Å²) in [6.07, 6.45) is 0.